The van der Waals surface area contributed by atoms with Gasteiger partial charge < -0.3 is 19.4 Å². The van der Waals surface area contributed by atoms with Crippen molar-refractivity contribution in [3.63, 3.8) is 0 Å². The van der Waals surface area contributed by atoms with E-state index in [1.54, 1.807) is 0 Å². The third-order valence-electron chi connectivity index (χ3n) is 14.3. The molecule has 0 aliphatic carbocycles. The van der Waals surface area contributed by atoms with E-state index in [-0.39, 0.29) is 37.9 Å². The number of phosphoric acid groups is 1. The number of carbonyl (C=O) groups is 2. The van der Waals surface area contributed by atoms with Crippen molar-refractivity contribution in [2.24, 2.45) is 0 Å². The molecule has 0 heterocycles. The summed E-state index contributed by atoms with van der Waals surface area (Å²) in [6, 6.07) is -0.883. The molecule has 0 saturated heterocycles. The third-order valence-corrected chi connectivity index (χ3v) is 15.2. The Kier molecular flexibility index (Phi) is 56.8. The van der Waals surface area contributed by atoms with E-state index in [4.69, 9.17) is 13.8 Å². The average molecular weight is 1140 g/mol. The summed E-state index contributed by atoms with van der Waals surface area (Å²) in [4.78, 5) is 37.8. The van der Waals surface area contributed by atoms with E-state index < -0.39 is 20.0 Å². The number of carbonyl (C=O) groups excluding carboxylic acids is 2. The molecule has 0 aromatic rings. The topological polar surface area (TPSA) is 111 Å². The molecule has 0 radical (unpaired) electrons. The number of esters is 1. The van der Waals surface area contributed by atoms with Crippen molar-refractivity contribution in [1.29, 1.82) is 0 Å². The highest BCUT2D eigenvalue weighted by molar-refractivity contribution is 7.47. The zero-order valence-corrected chi connectivity index (χ0v) is 53.7. The van der Waals surface area contributed by atoms with Gasteiger partial charge in [0.05, 0.1) is 33.8 Å². The molecule has 0 saturated carbocycles. The maximum Gasteiger partial charge on any atom is 0.472 e. The number of hydrogen-bond acceptors (Lipinski definition) is 6. The van der Waals surface area contributed by atoms with Crippen LogP contribution in [0.2, 0.25) is 0 Å². The second-order valence-corrected chi connectivity index (χ2v) is 24.7. The molecule has 0 bridgehead atoms. The molecule has 2 N–H and O–H groups in total. The van der Waals surface area contributed by atoms with Crippen molar-refractivity contribution in [3.8, 4) is 0 Å². The van der Waals surface area contributed by atoms with E-state index >= 15 is 0 Å². The molecular formula is C70H126N2O7P+. The van der Waals surface area contributed by atoms with Gasteiger partial charge in [0.1, 0.15) is 19.3 Å². The lowest BCUT2D eigenvalue weighted by atomic mass is 10.0. The Hall–Kier alpha value is -3.07. The van der Waals surface area contributed by atoms with Crippen LogP contribution in [-0.4, -0.2) is 74.3 Å². The molecular weight excluding hydrogens is 1010 g/mol. The Morgan fingerprint density at radius 2 is 0.812 bits per heavy atom. The van der Waals surface area contributed by atoms with Crippen LogP contribution < -0.4 is 5.32 Å². The molecule has 0 spiro atoms. The molecule has 462 valence electrons. The summed E-state index contributed by atoms with van der Waals surface area (Å²) >= 11 is 0. The van der Waals surface area contributed by atoms with Gasteiger partial charge in [-0.25, -0.2) is 4.57 Å². The maximum absolute atomic E-state index is 13.5. The number of likely N-dealkylation sites (N-methyl/N-ethyl adjacent to an activating group) is 1. The highest BCUT2D eigenvalue weighted by Crippen LogP contribution is 2.43. The Bertz CT molecular complexity index is 1690. The Morgan fingerprint density at radius 3 is 1.25 bits per heavy atom. The highest BCUT2D eigenvalue weighted by Gasteiger charge is 2.30. The molecule has 0 rings (SSSR count). The van der Waals surface area contributed by atoms with Crippen molar-refractivity contribution in [1.82, 2.24) is 5.32 Å². The van der Waals surface area contributed by atoms with Gasteiger partial charge in [0.25, 0.3) is 0 Å². The van der Waals surface area contributed by atoms with E-state index in [9.17, 15) is 19.0 Å². The number of quaternary nitrogens is 1. The molecule has 9 nitrogen and oxygen atoms in total. The normalized spacial score (nSPS) is 14.2. The second kappa shape index (κ2) is 59.1. The van der Waals surface area contributed by atoms with Gasteiger partial charge >= 0.3 is 13.8 Å². The Balaban J connectivity index is 5.17. The van der Waals surface area contributed by atoms with Gasteiger partial charge in [-0.3, -0.25) is 18.6 Å². The van der Waals surface area contributed by atoms with E-state index in [0.717, 1.165) is 83.5 Å². The molecule has 3 atom stereocenters. The zero-order chi connectivity index (χ0) is 58.6. The lowest BCUT2D eigenvalue weighted by Gasteiger charge is -2.27. The van der Waals surface area contributed by atoms with E-state index in [1.165, 1.54) is 161 Å². The Labute approximate surface area is 494 Å². The summed E-state index contributed by atoms with van der Waals surface area (Å²) in [6.45, 7) is 6.84. The standard InChI is InChI=1S/C70H125N2O7P/c1-7-10-13-16-19-22-25-28-30-32-33-34-35-36-37-38-39-41-43-45-48-51-54-57-60-63-70(74)79-68(61-58-55-52-49-46-27-24-21-18-15-12-9-3)67(66-78-80(75,76)77-65-64-72(4,5)6)71-69(73)62-59-56-53-50-47-44-42-40-31-29-26-23-20-17-14-11-8-2/h11,14,19-20,22-23,28-31,42,44,50,53,58,61,67-68H,7-10,12-13,15-18,21,24-27,32-41,43,45-49,51-52,54-57,59-60,62-66H2,1-6H3,(H-,71,73,75,76)/p+1/b14-11-,22-19-,23-20-,30-28-,31-29-,44-42-,53-50-,61-58-. The molecule has 0 aromatic carbocycles. The number of nitrogens with zero attached hydrogens (tertiary/aromatic N) is 1. The lowest BCUT2D eigenvalue weighted by Crippen LogP contribution is -2.47. The van der Waals surface area contributed by atoms with Crippen molar-refractivity contribution in [2.45, 2.75) is 296 Å². The lowest BCUT2D eigenvalue weighted by molar-refractivity contribution is -0.870. The third kappa shape index (κ3) is 59.5. The second-order valence-electron chi connectivity index (χ2n) is 23.3. The quantitative estimate of drug-likeness (QED) is 0.0205. The first kappa shape index (κ1) is 76.9. The molecule has 1 amide bonds. The maximum atomic E-state index is 13.5. The number of unbranched alkanes of at least 4 members (excludes halogenated alkanes) is 29. The minimum absolute atomic E-state index is 0.0263. The predicted octanol–water partition coefficient (Wildman–Crippen LogP) is 20.7. The fourth-order valence-corrected chi connectivity index (χ4v) is 9.92. The highest BCUT2D eigenvalue weighted by atomic mass is 31.2. The van der Waals surface area contributed by atoms with Gasteiger partial charge in [-0.1, -0.05) is 266 Å². The van der Waals surface area contributed by atoms with E-state index in [2.05, 4.69) is 111 Å². The number of hydrogen-bond donors (Lipinski definition) is 2. The summed E-state index contributed by atoms with van der Waals surface area (Å²) in [5.74, 6) is -0.572. The molecule has 80 heavy (non-hydrogen) atoms. The van der Waals surface area contributed by atoms with Crippen LogP contribution in [0.3, 0.4) is 0 Å². The van der Waals surface area contributed by atoms with Crippen LogP contribution in [0.1, 0.15) is 284 Å². The molecule has 0 fully saturated rings. The van der Waals surface area contributed by atoms with Crippen LogP contribution in [-0.2, 0) is 27.9 Å². The molecule has 3 unspecified atom stereocenters. The summed E-state index contributed by atoms with van der Waals surface area (Å²) in [7, 11) is 1.45. The van der Waals surface area contributed by atoms with Gasteiger partial charge in [0.15, 0.2) is 0 Å². The molecule has 10 heteroatoms. The largest absolute Gasteiger partial charge is 0.472 e. The van der Waals surface area contributed by atoms with Crippen LogP contribution >= 0.6 is 7.82 Å². The monoisotopic (exact) mass is 1140 g/mol. The first-order valence-corrected chi connectivity index (χ1v) is 34.6. The fraction of sp³-hybridized carbons (Fsp3) is 0.743. The number of allylic oxidation sites excluding steroid dienone is 15. The van der Waals surface area contributed by atoms with Crippen molar-refractivity contribution >= 4 is 19.7 Å². The fourth-order valence-electron chi connectivity index (χ4n) is 9.18. The number of ether oxygens (including phenoxy) is 1. The number of rotatable bonds is 59. The first-order valence-electron chi connectivity index (χ1n) is 33.1. The SMILES string of the molecule is CC/C=C\C/C=C\C/C=C\C/C=C\C/C=C\CCCC(=O)NC(COP(=O)(O)OCC[N+](C)(C)C)C(/C=C\CCCCCCCCCCCC)OC(=O)CCCCCCCCCCCCCCCCC/C=C\C/C=C\CCCCC. The average Bonchev–Trinajstić information content (AvgIpc) is 3.42. The minimum atomic E-state index is -4.47. The summed E-state index contributed by atoms with van der Waals surface area (Å²) in [5, 5.41) is 3.02. The minimum Gasteiger partial charge on any atom is -0.456 e. The van der Waals surface area contributed by atoms with Crippen LogP contribution in [0.4, 0.5) is 0 Å². The van der Waals surface area contributed by atoms with E-state index in [1.807, 2.05) is 33.3 Å². The van der Waals surface area contributed by atoms with Crippen LogP contribution in [0, 0.1) is 0 Å². The summed E-state index contributed by atoms with van der Waals surface area (Å²) < 4.78 is 30.7. The van der Waals surface area contributed by atoms with Gasteiger partial charge in [0.2, 0.25) is 5.91 Å². The van der Waals surface area contributed by atoms with Gasteiger partial charge in [-0.05, 0) is 102 Å². The number of phosphoric ester groups is 1. The number of nitrogens with one attached hydrogen (secondary N) is 1. The predicted molar refractivity (Wildman–Crippen MR) is 346 cm³/mol. The van der Waals surface area contributed by atoms with Crippen LogP contribution in [0.15, 0.2) is 97.2 Å². The van der Waals surface area contributed by atoms with Gasteiger partial charge in [-0.15, -0.1) is 0 Å². The van der Waals surface area contributed by atoms with E-state index in [0.29, 0.717) is 17.4 Å². The molecule has 0 aliphatic heterocycles. The summed E-state index contributed by atoms with van der Waals surface area (Å²) in [6.07, 6.45) is 80.0. The van der Waals surface area contributed by atoms with Crippen molar-refractivity contribution < 1.29 is 37.3 Å². The first-order chi connectivity index (χ1) is 38.9. The molecule has 0 aromatic heterocycles. The zero-order valence-electron chi connectivity index (χ0n) is 52.8. The molecule has 0 aliphatic rings. The Morgan fingerprint density at radius 1 is 0.450 bits per heavy atom. The number of amides is 1. The van der Waals surface area contributed by atoms with Crippen molar-refractivity contribution in [2.75, 3.05) is 40.9 Å². The summed E-state index contributed by atoms with van der Waals surface area (Å²) in [5.41, 5.74) is 0. The van der Waals surface area contributed by atoms with Gasteiger partial charge in [0, 0.05) is 12.8 Å². The van der Waals surface area contributed by atoms with Crippen LogP contribution in [0.5, 0.6) is 0 Å². The van der Waals surface area contributed by atoms with Gasteiger partial charge in [-0.2, -0.15) is 0 Å². The smallest absolute Gasteiger partial charge is 0.456 e. The van der Waals surface area contributed by atoms with Crippen molar-refractivity contribution in [3.05, 3.63) is 97.2 Å². The van der Waals surface area contributed by atoms with Crippen LogP contribution in [0.25, 0.3) is 0 Å².